The lowest BCUT2D eigenvalue weighted by Crippen LogP contribution is -2.66. The number of methoxy groups -OCH3 is 1. The van der Waals surface area contributed by atoms with Crippen molar-refractivity contribution in [2.75, 3.05) is 26.9 Å². The highest BCUT2D eigenvalue weighted by Gasteiger charge is 2.49. The Morgan fingerprint density at radius 2 is 1.65 bits per heavy atom. The molecule has 0 spiro atoms. The van der Waals surface area contributed by atoms with Crippen LogP contribution in [-0.2, 0) is 40.6 Å². The maximum Gasteiger partial charge on any atom is 0.338 e. The van der Waals surface area contributed by atoms with Crippen LogP contribution in [-0.4, -0.2) is 76.5 Å². The molecular formula is C25H33NO10S. The molecule has 1 heterocycles. The van der Waals surface area contributed by atoms with Crippen molar-refractivity contribution in [1.29, 1.82) is 0 Å². The number of carbonyl (C=O) groups is 1. The third-order valence-electron chi connectivity index (χ3n) is 5.62. The number of hydrogen-bond donors (Lipinski definition) is 2. The van der Waals surface area contributed by atoms with Gasteiger partial charge < -0.3 is 28.4 Å². The Bertz CT molecular complexity index is 1080. The molecule has 5 atom stereocenters. The third kappa shape index (κ3) is 8.47. The molecule has 0 aromatic heterocycles. The second-order valence-corrected chi connectivity index (χ2v) is 9.31. The molecule has 1 saturated heterocycles. The molecule has 2 aromatic carbocycles. The molecule has 37 heavy (non-hydrogen) atoms. The van der Waals surface area contributed by atoms with Crippen LogP contribution in [0.1, 0.15) is 29.8 Å². The molecule has 11 nitrogen and oxygen atoms in total. The van der Waals surface area contributed by atoms with E-state index < -0.39 is 46.9 Å². The highest BCUT2D eigenvalue weighted by Crippen LogP contribution is 2.29. The van der Waals surface area contributed by atoms with E-state index in [1.807, 2.05) is 0 Å². The summed E-state index contributed by atoms with van der Waals surface area (Å²) < 4.78 is 70.0. The average molecular weight is 540 g/mol. The van der Waals surface area contributed by atoms with Crippen LogP contribution in [0.25, 0.3) is 0 Å². The number of carbonyl (C=O) groups excluding carboxylic acids is 1. The number of nitrogens with one attached hydrogen (secondary N) is 1. The second kappa shape index (κ2) is 13.8. The highest BCUT2D eigenvalue weighted by molar-refractivity contribution is 7.83. The molecule has 204 valence electrons. The van der Waals surface area contributed by atoms with Crippen LogP contribution in [0.5, 0.6) is 5.75 Å². The van der Waals surface area contributed by atoms with E-state index in [0.717, 1.165) is 5.56 Å². The summed E-state index contributed by atoms with van der Waals surface area (Å²) in [5, 5.41) is 0. The van der Waals surface area contributed by atoms with Gasteiger partial charge in [-0.15, -0.1) is 0 Å². The fourth-order valence-electron chi connectivity index (χ4n) is 3.97. The lowest BCUT2D eigenvalue weighted by atomic mass is 9.96. The Kier molecular flexibility index (Phi) is 10.8. The molecule has 2 N–H and O–H groups in total. The zero-order chi connectivity index (χ0) is 26.8. The quantitative estimate of drug-likeness (QED) is 0.288. The summed E-state index contributed by atoms with van der Waals surface area (Å²) in [7, 11) is -3.13. The fourth-order valence-corrected chi connectivity index (χ4v) is 4.58. The first-order valence-corrected chi connectivity index (χ1v) is 13.3. The fraction of sp³-hybridized carbons (Fsp3) is 0.480. The topological polar surface area (TPSA) is 139 Å². The first-order chi connectivity index (χ1) is 17.8. The van der Waals surface area contributed by atoms with Crippen LogP contribution in [0.3, 0.4) is 0 Å². The zero-order valence-corrected chi connectivity index (χ0v) is 21.8. The number of benzene rings is 2. The summed E-state index contributed by atoms with van der Waals surface area (Å²) in [5.41, 5.74) is 1.11. The Morgan fingerprint density at radius 1 is 0.973 bits per heavy atom. The molecule has 0 amide bonds. The van der Waals surface area contributed by atoms with Crippen molar-refractivity contribution in [3.63, 3.8) is 0 Å². The van der Waals surface area contributed by atoms with Crippen LogP contribution in [0.4, 0.5) is 0 Å². The smallest absolute Gasteiger partial charge is 0.338 e. The maximum atomic E-state index is 12.6. The van der Waals surface area contributed by atoms with Crippen LogP contribution in [0.15, 0.2) is 54.6 Å². The van der Waals surface area contributed by atoms with Crippen molar-refractivity contribution in [2.24, 2.45) is 0 Å². The highest BCUT2D eigenvalue weighted by atomic mass is 32.2. The molecule has 1 fully saturated rings. The monoisotopic (exact) mass is 539 g/mol. The van der Waals surface area contributed by atoms with Crippen LogP contribution in [0.2, 0.25) is 0 Å². The minimum atomic E-state index is -4.68. The van der Waals surface area contributed by atoms with Gasteiger partial charge in [-0.3, -0.25) is 4.55 Å². The number of esters is 1. The van der Waals surface area contributed by atoms with Crippen LogP contribution in [0, 0.1) is 0 Å². The first kappa shape index (κ1) is 29.0. The molecule has 0 unspecified atom stereocenters. The lowest BCUT2D eigenvalue weighted by molar-refractivity contribution is -0.291. The van der Waals surface area contributed by atoms with E-state index in [4.69, 9.17) is 28.4 Å². The molecule has 3 rings (SSSR count). The van der Waals surface area contributed by atoms with Gasteiger partial charge in [0.15, 0.2) is 6.29 Å². The van der Waals surface area contributed by atoms with Gasteiger partial charge >= 0.3 is 16.3 Å². The van der Waals surface area contributed by atoms with Gasteiger partial charge in [0.05, 0.1) is 25.3 Å². The zero-order valence-electron chi connectivity index (χ0n) is 20.9. The number of hydrogen-bond acceptors (Lipinski definition) is 9. The summed E-state index contributed by atoms with van der Waals surface area (Å²) in [5.74, 6) is 0.0784. The summed E-state index contributed by atoms with van der Waals surface area (Å²) in [4.78, 5) is 12.6. The largest absolute Gasteiger partial charge is 0.497 e. The van der Waals surface area contributed by atoms with Gasteiger partial charge in [0.1, 0.15) is 30.7 Å². The predicted molar refractivity (Wildman–Crippen MR) is 132 cm³/mol. The Morgan fingerprint density at radius 3 is 2.24 bits per heavy atom. The minimum Gasteiger partial charge on any atom is -0.497 e. The number of rotatable bonds is 13. The Balaban J connectivity index is 1.88. The number of ether oxygens (including phenoxy) is 6. The van der Waals surface area contributed by atoms with E-state index in [1.54, 1.807) is 75.6 Å². The van der Waals surface area contributed by atoms with Gasteiger partial charge in [-0.1, -0.05) is 30.3 Å². The second-order valence-electron chi connectivity index (χ2n) is 8.13. The van der Waals surface area contributed by atoms with Crippen molar-refractivity contribution >= 4 is 16.3 Å². The molecule has 0 bridgehead atoms. The van der Waals surface area contributed by atoms with Crippen LogP contribution < -0.4 is 9.46 Å². The standard InChI is InChI=1S/C25H33NO10S/c1-4-32-23-21(26-37(28,29)30)22(34-15-17-11-13-19(31-3)14-12-17)20(36-25(23)33-5-2)16-35-24(27)18-9-7-6-8-10-18/h6-14,20-23,25-26H,4-5,15-16H2,1-3H3,(H,28,29,30)/t20-,21-,22-,23+,25+/m1/s1. The molecule has 0 aliphatic carbocycles. The lowest BCUT2D eigenvalue weighted by Gasteiger charge is -2.45. The summed E-state index contributed by atoms with van der Waals surface area (Å²) in [6, 6.07) is 14.4. The molecule has 1 aliphatic rings. The van der Waals surface area contributed by atoms with Crippen LogP contribution >= 0.6 is 0 Å². The summed E-state index contributed by atoms with van der Waals surface area (Å²) >= 11 is 0. The summed E-state index contributed by atoms with van der Waals surface area (Å²) in [6.07, 6.45) is -3.97. The van der Waals surface area contributed by atoms with E-state index in [-0.39, 0.29) is 26.4 Å². The van der Waals surface area contributed by atoms with Gasteiger partial charge in [0.2, 0.25) is 0 Å². The molecule has 0 saturated carbocycles. The van der Waals surface area contributed by atoms with Gasteiger partial charge in [-0.2, -0.15) is 13.1 Å². The van der Waals surface area contributed by atoms with Crippen molar-refractivity contribution in [3.05, 3.63) is 65.7 Å². The van der Waals surface area contributed by atoms with Crippen molar-refractivity contribution in [2.45, 2.75) is 51.1 Å². The van der Waals surface area contributed by atoms with Crippen molar-refractivity contribution < 1.29 is 46.2 Å². The van der Waals surface area contributed by atoms with Crippen molar-refractivity contribution in [3.8, 4) is 5.75 Å². The molecule has 12 heteroatoms. The third-order valence-corrected chi connectivity index (χ3v) is 6.19. The molecule has 0 radical (unpaired) electrons. The molecular weight excluding hydrogens is 506 g/mol. The Labute approximate surface area is 216 Å². The average Bonchev–Trinajstić information content (AvgIpc) is 2.88. The Hall–Kier alpha value is -2.58. The molecule has 2 aromatic rings. The van der Waals surface area contributed by atoms with Gasteiger partial charge in [-0.25, -0.2) is 4.79 Å². The molecule has 1 aliphatic heterocycles. The van der Waals surface area contributed by atoms with Gasteiger partial charge in [0, 0.05) is 13.2 Å². The first-order valence-electron chi connectivity index (χ1n) is 11.9. The summed E-state index contributed by atoms with van der Waals surface area (Å²) in [6.45, 7) is 3.71. The normalized spacial score (nSPS) is 23.9. The van der Waals surface area contributed by atoms with E-state index in [1.165, 1.54) is 0 Å². The SMILES string of the molecule is CCO[C@H]1O[C@H](COC(=O)c2ccccc2)[C@@H](OCc2ccc(OC)cc2)[C@@H](NS(=O)(=O)O)[C@@H]1OCC. The minimum absolute atomic E-state index is 0.0585. The maximum absolute atomic E-state index is 12.6. The van der Waals surface area contributed by atoms with E-state index in [2.05, 4.69) is 4.72 Å². The van der Waals surface area contributed by atoms with E-state index in [9.17, 15) is 17.8 Å². The van der Waals surface area contributed by atoms with Crippen molar-refractivity contribution in [1.82, 2.24) is 4.72 Å². The van der Waals surface area contributed by atoms with E-state index in [0.29, 0.717) is 11.3 Å². The predicted octanol–water partition coefficient (Wildman–Crippen LogP) is 2.36. The van der Waals surface area contributed by atoms with E-state index >= 15 is 0 Å². The van der Waals surface area contributed by atoms with Gasteiger partial charge in [-0.05, 0) is 43.7 Å². The van der Waals surface area contributed by atoms with Gasteiger partial charge in [0.25, 0.3) is 0 Å².